The topological polar surface area (TPSA) is 69.6 Å². The minimum atomic E-state index is 0.598. The van der Waals surface area contributed by atoms with Gasteiger partial charge in [0, 0.05) is 12.2 Å². The van der Waals surface area contributed by atoms with E-state index in [9.17, 15) is 0 Å². The smallest absolute Gasteiger partial charge is 0.185 e. The van der Waals surface area contributed by atoms with E-state index in [2.05, 4.69) is 15.5 Å². The van der Waals surface area contributed by atoms with Gasteiger partial charge in [0.1, 0.15) is 0 Å². The molecule has 0 unspecified atom stereocenters. The number of nitrogens with two attached hydrogens (primary N) is 1. The zero-order chi connectivity index (χ0) is 14.4. The van der Waals surface area contributed by atoms with E-state index < -0.39 is 0 Å². The second-order valence-corrected chi connectivity index (χ2v) is 6.63. The van der Waals surface area contributed by atoms with Crippen LogP contribution < -0.4 is 5.73 Å². The van der Waals surface area contributed by atoms with Crippen LogP contribution in [0, 0.1) is 17.8 Å². The molecule has 110 valence electrons. The molecular formula is C15H18ClN5. The highest BCUT2D eigenvalue weighted by Gasteiger charge is 2.42. The summed E-state index contributed by atoms with van der Waals surface area (Å²) in [6.45, 7) is 0.877. The predicted octanol–water partition coefficient (Wildman–Crippen LogP) is 3.01. The maximum atomic E-state index is 6.29. The fraction of sp³-hybridized carbons (Fsp3) is 0.533. The van der Waals surface area contributed by atoms with Gasteiger partial charge in [0.05, 0.1) is 10.6 Å². The average molecular weight is 304 g/mol. The molecule has 5 nitrogen and oxygen atoms in total. The van der Waals surface area contributed by atoms with Crippen LogP contribution >= 0.6 is 11.6 Å². The van der Waals surface area contributed by atoms with E-state index >= 15 is 0 Å². The van der Waals surface area contributed by atoms with E-state index in [1.165, 1.54) is 25.7 Å². The molecule has 0 atom stereocenters. The Kier molecular flexibility index (Phi) is 3.10. The maximum absolute atomic E-state index is 6.29. The molecule has 2 saturated carbocycles. The molecule has 1 aromatic carbocycles. The van der Waals surface area contributed by atoms with Gasteiger partial charge in [0.15, 0.2) is 5.82 Å². The predicted molar refractivity (Wildman–Crippen MR) is 81.6 cm³/mol. The van der Waals surface area contributed by atoms with Crippen LogP contribution in [0.25, 0.3) is 11.4 Å². The molecule has 2 aliphatic rings. The standard InChI is InChI=1S/C15H18ClN5/c16-12-2-1-3-13(17)14(12)15-18-19-20-21(15)8-11(9-4-5-9)10-6-7-10/h1-3,9-11H,4-8,17H2. The van der Waals surface area contributed by atoms with Crippen molar-refractivity contribution in [1.82, 2.24) is 20.2 Å². The van der Waals surface area contributed by atoms with Gasteiger partial charge in [-0.2, -0.15) is 0 Å². The van der Waals surface area contributed by atoms with Crippen molar-refractivity contribution in [2.24, 2.45) is 17.8 Å². The molecule has 2 N–H and O–H groups in total. The van der Waals surface area contributed by atoms with Crippen molar-refractivity contribution in [3.8, 4) is 11.4 Å². The Morgan fingerprint density at radius 3 is 2.57 bits per heavy atom. The molecule has 4 rings (SSSR count). The van der Waals surface area contributed by atoms with Gasteiger partial charge in [-0.3, -0.25) is 0 Å². The fourth-order valence-electron chi connectivity index (χ4n) is 3.21. The average Bonchev–Trinajstić information content (AvgIpc) is 3.37. The third-order valence-corrected chi connectivity index (χ3v) is 4.96. The summed E-state index contributed by atoms with van der Waals surface area (Å²) in [6.07, 6.45) is 5.42. The SMILES string of the molecule is Nc1cccc(Cl)c1-c1nnnn1CC(C1CC1)C1CC1. The molecule has 2 aliphatic carbocycles. The number of halogens is 1. The Morgan fingerprint density at radius 2 is 1.95 bits per heavy atom. The van der Waals surface area contributed by atoms with Crippen LogP contribution in [-0.2, 0) is 6.54 Å². The van der Waals surface area contributed by atoms with Gasteiger partial charge < -0.3 is 5.73 Å². The van der Waals surface area contributed by atoms with Crippen LogP contribution in [0.5, 0.6) is 0 Å². The van der Waals surface area contributed by atoms with Crippen molar-refractivity contribution in [1.29, 1.82) is 0 Å². The van der Waals surface area contributed by atoms with Gasteiger partial charge in [-0.1, -0.05) is 17.7 Å². The maximum Gasteiger partial charge on any atom is 0.185 e. The van der Waals surface area contributed by atoms with Crippen molar-refractivity contribution in [3.05, 3.63) is 23.2 Å². The molecular weight excluding hydrogens is 286 g/mol. The molecule has 0 bridgehead atoms. The summed E-state index contributed by atoms with van der Waals surface area (Å²) >= 11 is 6.29. The summed E-state index contributed by atoms with van der Waals surface area (Å²) in [5.74, 6) is 3.11. The number of anilines is 1. The number of tetrazole rings is 1. The molecule has 1 aromatic heterocycles. The lowest BCUT2D eigenvalue weighted by Gasteiger charge is -2.16. The normalized spacial score (nSPS) is 18.4. The second-order valence-electron chi connectivity index (χ2n) is 6.23. The Morgan fingerprint density at radius 1 is 1.24 bits per heavy atom. The van der Waals surface area contributed by atoms with Crippen LogP contribution in [-0.4, -0.2) is 20.2 Å². The number of nitrogen functional groups attached to an aromatic ring is 1. The summed E-state index contributed by atoms with van der Waals surface area (Å²) in [6, 6.07) is 5.50. The van der Waals surface area contributed by atoms with E-state index in [1.54, 1.807) is 0 Å². The fourth-order valence-corrected chi connectivity index (χ4v) is 3.48. The highest BCUT2D eigenvalue weighted by atomic mass is 35.5. The number of nitrogens with zero attached hydrogens (tertiary/aromatic N) is 4. The number of hydrogen-bond acceptors (Lipinski definition) is 4. The van der Waals surface area contributed by atoms with E-state index in [0.717, 1.165) is 23.9 Å². The number of rotatable bonds is 5. The molecule has 2 fully saturated rings. The van der Waals surface area contributed by atoms with Gasteiger partial charge in [0.2, 0.25) is 0 Å². The quantitative estimate of drug-likeness (QED) is 0.862. The van der Waals surface area contributed by atoms with Gasteiger partial charge in [-0.05, 0) is 66.0 Å². The minimum Gasteiger partial charge on any atom is -0.398 e. The molecule has 0 radical (unpaired) electrons. The second kappa shape index (κ2) is 4.98. The van der Waals surface area contributed by atoms with Gasteiger partial charge in [-0.25, -0.2) is 4.68 Å². The van der Waals surface area contributed by atoms with Crippen molar-refractivity contribution in [2.75, 3.05) is 5.73 Å². The van der Waals surface area contributed by atoms with E-state index in [-0.39, 0.29) is 0 Å². The lowest BCUT2D eigenvalue weighted by Crippen LogP contribution is -2.17. The van der Waals surface area contributed by atoms with Gasteiger partial charge in [-0.15, -0.1) is 5.10 Å². The van der Waals surface area contributed by atoms with E-state index in [0.29, 0.717) is 22.5 Å². The molecule has 0 amide bonds. The summed E-state index contributed by atoms with van der Waals surface area (Å²) in [5.41, 5.74) is 7.43. The first-order valence-corrected chi connectivity index (χ1v) is 7.92. The molecule has 6 heteroatoms. The zero-order valence-electron chi connectivity index (χ0n) is 11.7. The first-order chi connectivity index (χ1) is 10.2. The summed E-state index contributed by atoms with van der Waals surface area (Å²) < 4.78 is 1.89. The Labute approximate surface area is 128 Å². The third-order valence-electron chi connectivity index (χ3n) is 4.64. The molecule has 21 heavy (non-hydrogen) atoms. The first kappa shape index (κ1) is 13.1. The number of aromatic nitrogens is 4. The summed E-state index contributed by atoms with van der Waals surface area (Å²) in [7, 11) is 0. The summed E-state index contributed by atoms with van der Waals surface area (Å²) in [5, 5.41) is 12.8. The highest BCUT2D eigenvalue weighted by molar-refractivity contribution is 6.33. The number of benzene rings is 1. The lowest BCUT2D eigenvalue weighted by molar-refractivity contribution is 0.331. The van der Waals surface area contributed by atoms with Crippen LogP contribution in [0.3, 0.4) is 0 Å². The zero-order valence-corrected chi connectivity index (χ0v) is 12.5. The van der Waals surface area contributed by atoms with Crippen molar-refractivity contribution >= 4 is 17.3 Å². The third kappa shape index (κ3) is 2.50. The van der Waals surface area contributed by atoms with Crippen LogP contribution in [0.1, 0.15) is 25.7 Å². The minimum absolute atomic E-state index is 0.598. The number of hydrogen-bond donors (Lipinski definition) is 1. The van der Waals surface area contributed by atoms with E-state index in [1.807, 2.05) is 22.9 Å². The first-order valence-electron chi connectivity index (χ1n) is 7.54. The van der Waals surface area contributed by atoms with Crippen LogP contribution in [0.2, 0.25) is 5.02 Å². The molecule has 0 spiro atoms. The molecule has 2 aromatic rings. The molecule has 0 saturated heterocycles. The Hall–Kier alpha value is -1.62. The van der Waals surface area contributed by atoms with Crippen molar-refractivity contribution in [2.45, 2.75) is 32.2 Å². The van der Waals surface area contributed by atoms with Crippen molar-refractivity contribution in [3.63, 3.8) is 0 Å². The largest absolute Gasteiger partial charge is 0.398 e. The van der Waals surface area contributed by atoms with Crippen LogP contribution in [0.4, 0.5) is 5.69 Å². The van der Waals surface area contributed by atoms with Crippen LogP contribution in [0.15, 0.2) is 18.2 Å². The summed E-state index contributed by atoms with van der Waals surface area (Å²) in [4.78, 5) is 0. The molecule has 0 aliphatic heterocycles. The Balaban J connectivity index is 1.67. The Bertz CT molecular complexity index is 628. The highest BCUT2D eigenvalue weighted by Crippen LogP contribution is 2.50. The van der Waals surface area contributed by atoms with Gasteiger partial charge >= 0.3 is 0 Å². The van der Waals surface area contributed by atoms with Crippen molar-refractivity contribution < 1.29 is 0 Å². The molecule has 1 heterocycles. The van der Waals surface area contributed by atoms with Gasteiger partial charge in [0.25, 0.3) is 0 Å². The monoisotopic (exact) mass is 303 g/mol. The lowest BCUT2D eigenvalue weighted by atomic mass is 9.98. The van der Waals surface area contributed by atoms with E-state index in [4.69, 9.17) is 17.3 Å².